The van der Waals surface area contributed by atoms with Gasteiger partial charge in [-0.3, -0.25) is 0 Å². The highest BCUT2D eigenvalue weighted by atomic mass is 16.5. The van der Waals surface area contributed by atoms with E-state index in [1.165, 1.54) is 12.0 Å². The zero-order valence-corrected chi connectivity index (χ0v) is 11.6. The SMILES string of the molecule is C=CCCCC(NCCC)c1cccc(OC)c1. The van der Waals surface area contributed by atoms with Gasteiger partial charge in [-0.2, -0.15) is 0 Å². The molecule has 0 heterocycles. The molecule has 0 aliphatic heterocycles. The lowest BCUT2D eigenvalue weighted by Crippen LogP contribution is -2.22. The lowest BCUT2D eigenvalue weighted by molar-refractivity contribution is 0.412. The molecule has 1 unspecified atom stereocenters. The summed E-state index contributed by atoms with van der Waals surface area (Å²) in [5.41, 5.74) is 1.31. The Hall–Kier alpha value is -1.28. The molecule has 1 atom stereocenters. The van der Waals surface area contributed by atoms with Crippen molar-refractivity contribution in [2.24, 2.45) is 0 Å². The summed E-state index contributed by atoms with van der Waals surface area (Å²) < 4.78 is 5.29. The maximum atomic E-state index is 5.29. The van der Waals surface area contributed by atoms with Crippen LogP contribution in [0.15, 0.2) is 36.9 Å². The smallest absolute Gasteiger partial charge is 0.119 e. The van der Waals surface area contributed by atoms with Crippen LogP contribution < -0.4 is 10.1 Å². The van der Waals surface area contributed by atoms with Gasteiger partial charge in [-0.05, 0) is 49.9 Å². The van der Waals surface area contributed by atoms with Crippen molar-refractivity contribution >= 4 is 0 Å². The Bertz CT molecular complexity index is 349. The monoisotopic (exact) mass is 247 g/mol. The van der Waals surface area contributed by atoms with E-state index in [0.717, 1.165) is 31.6 Å². The molecule has 2 heteroatoms. The first-order chi connectivity index (χ1) is 8.81. The topological polar surface area (TPSA) is 21.3 Å². The molecule has 2 nitrogen and oxygen atoms in total. The highest BCUT2D eigenvalue weighted by molar-refractivity contribution is 5.30. The summed E-state index contributed by atoms with van der Waals surface area (Å²) in [7, 11) is 1.71. The van der Waals surface area contributed by atoms with E-state index in [2.05, 4.69) is 37.0 Å². The van der Waals surface area contributed by atoms with E-state index in [1.54, 1.807) is 7.11 Å². The van der Waals surface area contributed by atoms with E-state index >= 15 is 0 Å². The molecular weight excluding hydrogens is 222 g/mol. The number of methoxy groups -OCH3 is 1. The number of nitrogens with one attached hydrogen (secondary N) is 1. The number of hydrogen-bond acceptors (Lipinski definition) is 2. The lowest BCUT2D eigenvalue weighted by Gasteiger charge is -2.19. The summed E-state index contributed by atoms with van der Waals surface area (Å²) in [6.45, 7) is 7.02. The first-order valence-corrected chi connectivity index (χ1v) is 6.80. The third kappa shape index (κ3) is 4.92. The van der Waals surface area contributed by atoms with Crippen molar-refractivity contribution in [3.8, 4) is 5.75 Å². The molecule has 0 fully saturated rings. The van der Waals surface area contributed by atoms with E-state index in [1.807, 2.05) is 12.1 Å². The van der Waals surface area contributed by atoms with Crippen LogP contribution in [0.2, 0.25) is 0 Å². The molecule has 100 valence electrons. The number of ether oxygens (including phenoxy) is 1. The quantitative estimate of drug-likeness (QED) is 0.524. The largest absolute Gasteiger partial charge is 0.497 e. The summed E-state index contributed by atoms with van der Waals surface area (Å²) in [4.78, 5) is 0. The predicted molar refractivity (Wildman–Crippen MR) is 78.1 cm³/mol. The number of rotatable bonds is 9. The molecular formula is C16H25NO. The maximum Gasteiger partial charge on any atom is 0.119 e. The number of unbranched alkanes of at least 4 members (excludes halogenated alkanes) is 1. The van der Waals surface area contributed by atoms with Crippen LogP contribution in [-0.4, -0.2) is 13.7 Å². The Morgan fingerprint density at radius 2 is 2.28 bits per heavy atom. The molecule has 0 bridgehead atoms. The standard InChI is InChI=1S/C16H25NO/c1-4-6-7-11-16(17-12-5-2)14-9-8-10-15(13-14)18-3/h4,8-10,13,16-17H,1,5-7,11-12H2,2-3H3. The van der Waals surface area contributed by atoms with Crippen molar-refractivity contribution < 1.29 is 4.74 Å². The summed E-state index contributed by atoms with van der Waals surface area (Å²) in [5, 5.41) is 3.61. The van der Waals surface area contributed by atoms with Crippen LogP contribution in [-0.2, 0) is 0 Å². The minimum atomic E-state index is 0.417. The fraction of sp³-hybridized carbons (Fsp3) is 0.500. The minimum absolute atomic E-state index is 0.417. The fourth-order valence-electron chi connectivity index (χ4n) is 2.03. The molecule has 1 rings (SSSR count). The van der Waals surface area contributed by atoms with Gasteiger partial charge in [0.05, 0.1) is 7.11 Å². The first kappa shape index (κ1) is 14.8. The molecule has 0 aromatic heterocycles. The Morgan fingerprint density at radius 3 is 2.94 bits per heavy atom. The van der Waals surface area contributed by atoms with E-state index in [-0.39, 0.29) is 0 Å². The molecule has 1 aromatic carbocycles. The van der Waals surface area contributed by atoms with Crippen LogP contribution in [0.5, 0.6) is 5.75 Å². The molecule has 0 radical (unpaired) electrons. The Morgan fingerprint density at radius 1 is 1.44 bits per heavy atom. The van der Waals surface area contributed by atoms with Gasteiger partial charge >= 0.3 is 0 Å². The van der Waals surface area contributed by atoms with Gasteiger partial charge in [-0.1, -0.05) is 25.1 Å². The van der Waals surface area contributed by atoms with Gasteiger partial charge in [0.2, 0.25) is 0 Å². The molecule has 1 aromatic rings. The van der Waals surface area contributed by atoms with Crippen molar-refractivity contribution in [1.82, 2.24) is 5.32 Å². The first-order valence-electron chi connectivity index (χ1n) is 6.80. The zero-order chi connectivity index (χ0) is 13.2. The average Bonchev–Trinajstić information content (AvgIpc) is 2.42. The van der Waals surface area contributed by atoms with E-state index < -0.39 is 0 Å². The third-order valence-corrected chi connectivity index (χ3v) is 3.04. The van der Waals surface area contributed by atoms with Crippen LogP contribution in [0.4, 0.5) is 0 Å². The minimum Gasteiger partial charge on any atom is -0.497 e. The Balaban J connectivity index is 2.69. The predicted octanol–water partition coefficient (Wildman–Crippen LogP) is 4.09. The van der Waals surface area contributed by atoms with Gasteiger partial charge in [0.1, 0.15) is 5.75 Å². The second kappa shape index (κ2) is 8.76. The summed E-state index contributed by atoms with van der Waals surface area (Å²) in [6.07, 6.45) is 6.53. The average molecular weight is 247 g/mol. The molecule has 0 saturated heterocycles. The lowest BCUT2D eigenvalue weighted by atomic mass is 10.0. The highest BCUT2D eigenvalue weighted by Crippen LogP contribution is 2.23. The van der Waals surface area contributed by atoms with E-state index in [4.69, 9.17) is 4.74 Å². The second-order valence-corrected chi connectivity index (χ2v) is 4.50. The van der Waals surface area contributed by atoms with Crippen molar-refractivity contribution in [2.45, 2.75) is 38.6 Å². The third-order valence-electron chi connectivity index (χ3n) is 3.04. The van der Waals surface area contributed by atoms with Gasteiger partial charge in [-0.25, -0.2) is 0 Å². The Kier molecular flexibility index (Phi) is 7.19. The van der Waals surface area contributed by atoms with E-state index in [0.29, 0.717) is 6.04 Å². The van der Waals surface area contributed by atoms with Crippen LogP contribution in [0.25, 0.3) is 0 Å². The molecule has 0 amide bonds. The van der Waals surface area contributed by atoms with Crippen molar-refractivity contribution in [1.29, 1.82) is 0 Å². The fourth-order valence-corrected chi connectivity index (χ4v) is 2.03. The van der Waals surface area contributed by atoms with Gasteiger partial charge in [-0.15, -0.1) is 6.58 Å². The Labute approximate surface area is 111 Å². The molecule has 18 heavy (non-hydrogen) atoms. The summed E-state index contributed by atoms with van der Waals surface area (Å²) >= 11 is 0. The molecule has 0 saturated carbocycles. The van der Waals surface area contributed by atoms with Gasteiger partial charge < -0.3 is 10.1 Å². The van der Waals surface area contributed by atoms with Crippen molar-refractivity contribution in [2.75, 3.05) is 13.7 Å². The van der Waals surface area contributed by atoms with Gasteiger partial charge in [0.25, 0.3) is 0 Å². The van der Waals surface area contributed by atoms with Crippen LogP contribution in [0, 0.1) is 0 Å². The summed E-state index contributed by atoms with van der Waals surface area (Å²) in [5.74, 6) is 0.930. The van der Waals surface area contributed by atoms with Crippen LogP contribution in [0.1, 0.15) is 44.2 Å². The number of benzene rings is 1. The number of hydrogen-bond donors (Lipinski definition) is 1. The van der Waals surface area contributed by atoms with E-state index in [9.17, 15) is 0 Å². The molecule has 0 aliphatic rings. The van der Waals surface area contributed by atoms with Crippen LogP contribution in [0.3, 0.4) is 0 Å². The van der Waals surface area contributed by atoms with Gasteiger partial charge in [0.15, 0.2) is 0 Å². The second-order valence-electron chi connectivity index (χ2n) is 4.50. The normalized spacial score (nSPS) is 12.1. The number of allylic oxidation sites excluding steroid dienone is 1. The van der Waals surface area contributed by atoms with Crippen LogP contribution >= 0.6 is 0 Å². The summed E-state index contributed by atoms with van der Waals surface area (Å²) in [6, 6.07) is 8.76. The molecule has 0 spiro atoms. The zero-order valence-electron chi connectivity index (χ0n) is 11.6. The van der Waals surface area contributed by atoms with Crippen molar-refractivity contribution in [3.05, 3.63) is 42.5 Å². The maximum absolute atomic E-state index is 5.29. The molecule has 1 N–H and O–H groups in total. The highest BCUT2D eigenvalue weighted by Gasteiger charge is 2.10. The van der Waals surface area contributed by atoms with Crippen molar-refractivity contribution in [3.63, 3.8) is 0 Å². The molecule has 0 aliphatic carbocycles. The van der Waals surface area contributed by atoms with Gasteiger partial charge in [0, 0.05) is 6.04 Å².